The van der Waals surface area contributed by atoms with Crippen molar-refractivity contribution < 1.29 is 14.3 Å². The summed E-state index contributed by atoms with van der Waals surface area (Å²) in [6.07, 6.45) is 2.66. The highest BCUT2D eigenvalue weighted by atomic mass is 16.5. The van der Waals surface area contributed by atoms with Crippen molar-refractivity contribution in [1.82, 2.24) is 0 Å². The summed E-state index contributed by atoms with van der Waals surface area (Å²) >= 11 is 0. The third-order valence-electron chi connectivity index (χ3n) is 3.76. The summed E-state index contributed by atoms with van der Waals surface area (Å²) in [6.45, 7) is 4.26. The standard InChI is InChI=1S/C16H21NO3/c1-3-12(2)16(19)20-11-15(18)17-10-6-8-13-7-4-5-9-14(13)17/h4-5,7,9,12H,3,6,8,10-11H2,1-2H3. The van der Waals surface area contributed by atoms with Gasteiger partial charge in [0.1, 0.15) is 0 Å². The fraction of sp³-hybridized carbons (Fsp3) is 0.500. The Morgan fingerprint density at radius 3 is 2.85 bits per heavy atom. The fourth-order valence-corrected chi connectivity index (χ4v) is 2.31. The van der Waals surface area contributed by atoms with Gasteiger partial charge < -0.3 is 9.64 Å². The fourth-order valence-electron chi connectivity index (χ4n) is 2.31. The molecule has 0 bridgehead atoms. The van der Waals surface area contributed by atoms with Crippen molar-refractivity contribution in [1.29, 1.82) is 0 Å². The van der Waals surface area contributed by atoms with Gasteiger partial charge in [-0.3, -0.25) is 9.59 Å². The second-order valence-electron chi connectivity index (χ2n) is 5.19. The SMILES string of the molecule is CCC(C)C(=O)OCC(=O)N1CCCc2ccccc21. The summed E-state index contributed by atoms with van der Waals surface area (Å²) in [5.74, 6) is -0.601. The van der Waals surface area contributed by atoms with Crippen molar-refractivity contribution in [2.75, 3.05) is 18.1 Å². The summed E-state index contributed by atoms with van der Waals surface area (Å²) in [6, 6.07) is 7.90. The molecule has 1 unspecified atom stereocenters. The number of hydrogen-bond acceptors (Lipinski definition) is 3. The Morgan fingerprint density at radius 2 is 2.10 bits per heavy atom. The third kappa shape index (κ3) is 3.18. The number of hydrogen-bond donors (Lipinski definition) is 0. The Kier molecular flexibility index (Phi) is 4.77. The molecule has 108 valence electrons. The van der Waals surface area contributed by atoms with Crippen LogP contribution in [0, 0.1) is 5.92 Å². The largest absolute Gasteiger partial charge is 0.455 e. The van der Waals surface area contributed by atoms with Gasteiger partial charge in [-0.15, -0.1) is 0 Å². The molecule has 1 aliphatic heterocycles. The summed E-state index contributed by atoms with van der Waals surface area (Å²) in [7, 11) is 0. The van der Waals surface area contributed by atoms with Crippen LogP contribution in [0.5, 0.6) is 0 Å². The zero-order chi connectivity index (χ0) is 14.5. The van der Waals surface area contributed by atoms with Gasteiger partial charge in [0, 0.05) is 12.2 Å². The lowest BCUT2D eigenvalue weighted by molar-refractivity contribution is -0.151. The Balaban J connectivity index is 1.99. The first-order valence-electron chi connectivity index (χ1n) is 7.18. The van der Waals surface area contributed by atoms with Gasteiger partial charge in [0.2, 0.25) is 0 Å². The first-order valence-corrected chi connectivity index (χ1v) is 7.18. The molecule has 0 fully saturated rings. The smallest absolute Gasteiger partial charge is 0.309 e. The molecule has 0 spiro atoms. The van der Waals surface area contributed by atoms with Gasteiger partial charge >= 0.3 is 5.97 Å². The quantitative estimate of drug-likeness (QED) is 0.793. The maximum absolute atomic E-state index is 12.2. The molecule has 1 aliphatic rings. The number of nitrogens with zero attached hydrogens (tertiary/aromatic N) is 1. The number of para-hydroxylation sites is 1. The van der Waals surface area contributed by atoms with E-state index in [0.717, 1.165) is 24.9 Å². The average Bonchev–Trinajstić information content (AvgIpc) is 2.50. The average molecular weight is 275 g/mol. The van der Waals surface area contributed by atoms with Gasteiger partial charge in [0.25, 0.3) is 5.91 Å². The second kappa shape index (κ2) is 6.55. The van der Waals surface area contributed by atoms with Gasteiger partial charge in [-0.1, -0.05) is 32.0 Å². The summed E-state index contributed by atoms with van der Waals surface area (Å²) < 4.78 is 5.09. The van der Waals surface area contributed by atoms with E-state index in [9.17, 15) is 9.59 Å². The van der Waals surface area contributed by atoms with Crippen LogP contribution in [0.15, 0.2) is 24.3 Å². The van der Waals surface area contributed by atoms with E-state index in [-0.39, 0.29) is 24.4 Å². The minimum atomic E-state index is -0.300. The molecule has 1 amide bonds. The lowest BCUT2D eigenvalue weighted by Crippen LogP contribution is -2.38. The predicted octanol–water partition coefficient (Wildman–Crippen LogP) is 2.56. The van der Waals surface area contributed by atoms with E-state index in [1.807, 2.05) is 38.1 Å². The Hall–Kier alpha value is -1.84. The molecule has 1 aromatic rings. The number of carbonyl (C=O) groups is 2. The van der Waals surface area contributed by atoms with Crippen molar-refractivity contribution >= 4 is 17.6 Å². The number of ether oxygens (including phenoxy) is 1. The summed E-state index contributed by atoms with van der Waals surface area (Å²) in [4.78, 5) is 25.6. The number of benzene rings is 1. The highest BCUT2D eigenvalue weighted by Crippen LogP contribution is 2.26. The van der Waals surface area contributed by atoms with Gasteiger partial charge in [-0.2, -0.15) is 0 Å². The Labute approximate surface area is 119 Å². The van der Waals surface area contributed by atoms with Crippen molar-refractivity contribution in [3.8, 4) is 0 Å². The van der Waals surface area contributed by atoms with E-state index < -0.39 is 0 Å². The van der Waals surface area contributed by atoms with Crippen LogP contribution in [0.3, 0.4) is 0 Å². The topological polar surface area (TPSA) is 46.6 Å². The number of aryl methyl sites for hydroxylation is 1. The van der Waals surface area contributed by atoms with Gasteiger partial charge in [-0.25, -0.2) is 0 Å². The van der Waals surface area contributed by atoms with E-state index in [2.05, 4.69) is 0 Å². The molecule has 2 rings (SSSR count). The molecule has 1 heterocycles. The van der Waals surface area contributed by atoms with E-state index in [1.54, 1.807) is 4.90 Å². The van der Waals surface area contributed by atoms with Crippen LogP contribution < -0.4 is 4.90 Å². The van der Waals surface area contributed by atoms with Gasteiger partial charge in [-0.05, 0) is 30.9 Å². The second-order valence-corrected chi connectivity index (χ2v) is 5.19. The van der Waals surface area contributed by atoms with Gasteiger partial charge in [0.05, 0.1) is 5.92 Å². The molecule has 4 nitrogen and oxygen atoms in total. The molecule has 0 saturated heterocycles. The minimum Gasteiger partial charge on any atom is -0.455 e. The lowest BCUT2D eigenvalue weighted by Gasteiger charge is -2.29. The van der Waals surface area contributed by atoms with Crippen molar-refractivity contribution in [3.05, 3.63) is 29.8 Å². The molecular weight excluding hydrogens is 254 g/mol. The molecule has 0 aromatic heterocycles. The van der Waals surface area contributed by atoms with Crippen LogP contribution in [-0.2, 0) is 20.7 Å². The first kappa shape index (κ1) is 14.6. The highest BCUT2D eigenvalue weighted by molar-refractivity contribution is 5.96. The van der Waals surface area contributed by atoms with Crippen LogP contribution in [0.25, 0.3) is 0 Å². The number of rotatable bonds is 4. The van der Waals surface area contributed by atoms with Crippen LogP contribution in [0.1, 0.15) is 32.3 Å². The maximum atomic E-state index is 12.2. The maximum Gasteiger partial charge on any atom is 0.309 e. The van der Waals surface area contributed by atoms with E-state index in [4.69, 9.17) is 4.74 Å². The third-order valence-corrected chi connectivity index (χ3v) is 3.76. The number of esters is 1. The Morgan fingerprint density at radius 1 is 1.35 bits per heavy atom. The molecule has 4 heteroatoms. The highest BCUT2D eigenvalue weighted by Gasteiger charge is 2.23. The molecule has 1 atom stereocenters. The molecule has 0 radical (unpaired) electrons. The van der Waals surface area contributed by atoms with Gasteiger partial charge in [0.15, 0.2) is 6.61 Å². The molecule has 20 heavy (non-hydrogen) atoms. The van der Waals surface area contributed by atoms with Crippen LogP contribution in [0.2, 0.25) is 0 Å². The molecule has 0 aliphatic carbocycles. The van der Waals surface area contributed by atoms with Crippen LogP contribution in [0.4, 0.5) is 5.69 Å². The molecular formula is C16H21NO3. The zero-order valence-corrected chi connectivity index (χ0v) is 12.1. The predicted molar refractivity (Wildman–Crippen MR) is 77.5 cm³/mol. The number of anilines is 1. The Bertz CT molecular complexity index is 498. The monoisotopic (exact) mass is 275 g/mol. The summed E-state index contributed by atoms with van der Waals surface area (Å²) in [5.41, 5.74) is 2.13. The number of amides is 1. The van der Waals surface area contributed by atoms with Crippen LogP contribution >= 0.6 is 0 Å². The van der Waals surface area contributed by atoms with Crippen molar-refractivity contribution in [2.24, 2.45) is 5.92 Å². The zero-order valence-electron chi connectivity index (χ0n) is 12.1. The molecule has 1 aromatic carbocycles. The lowest BCUT2D eigenvalue weighted by atomic mass is 10.0. The normalized spacial score (nSPS) is 15.4. The van der Waals surface area contributed by atoms with Crippen molar-refractivity contribution in [2.45, 2.75) is 33.1 Å². The van der Waals surface area contributed by atoms with Crippen LogP contribution in [-0.4, -0.2) is 25.0 Å². The number of fused-ring (bicyclic) bond motifs is 1. The van der Waals surface area contributed by atoms with E-state index in [0.29, 0.717) is 6.54 Å². The summed E-state index contributed by atoms with van der Waals surface area (Å²) in [5, 5.41) is 0. The van der Waals surface area contributed by atoms with Crippen molar-refractivity contribution in [3.63, 3.8) is 0 Å². The molecule has 0 saturated carbocycles. The van der Waals surface area contributed by atoms with E-state index in [1.165, 1.54) is 5.56 Å². The van der Waals surface area contributed by atoms with E-state index >= 15 is 0 Å². The molecule has 0 N–H and O–H groups in total. The first-order chi connectivity index (χ1) is 9.63. The number of carbonyl (C=O) groups excluding carboxylic acids is 2. The minimum absolute atomic E-state index is 0.145.